The Kier molecular flexibility index (Phi) is 4.65. The minimum atomic E-state index is -0.558. The summed E-state index contributed by atoms with van der Waals surface area (Å²) in [5.41, 5.74) is 0.605. The van der Waals surface area contributed by atoms with Gasteiger partial charge in [0.1, 0.15) is 11.9 Å². The number of ether oxygens (including phenoxy) is 1. The van der Waals surface area contributed by atoms with Crippen LogP contribution in [0.15, 0.2) is 30.5 Å². The van der Waals surface area contributed by atoms with Crippen molar-refractivity contribution in [3.8, 4) is 11.6 Å². The normalized spacial score (nSPS) is 10.2. The maximum absolute atomic E-state index is 11.0. The van der Waals surface area contributed by atoms with Crippen LogP contribution < -0.4 is 10.1 Å². The Bertz CT molecular complexity index is 646. The highest BCUT2D eigenvalue weighted by Crippen LogP contribution is 2.30. The number of para-hydroxylation sites is 1. The number of aromatic nitrogens is 2. The monoisotopic (exact) mass is 288 g/mol. The van der Waals surface area contributed by atoms with Crippen molar-refractivity contribution in [1.82, 2.24) is 9.97 Å². The molecule has 1 aromatic heterocycles. The number of hydrogen-bond acceptors (Lipinski definition) is 6. The molecular weight excluding hydrogens is 272 g/mol. The largest absolute Gasteiger partial charge is 0.433 e. The van der Waals surface area contributed by atoms with E-state index in [1.165, 1.54) is 0 Å². The molecule has 7 nitrogen and oxygen atoms in total. The van der Waals surface area contributed by atoms with Gasteiger partial charge in [0.05, 0.1) is 4.92 Å². The van der Waals surface area contributed by atoms with Gasteiger partial charge < -0.3 is 10.1 Å². The van der Waals surface area contributed by atoms with E-state index in [2.05, 4.69) is 15.3 Å². The van der Waals surface area contributed by atoms with Gasteiger partial charge in [0.25, 0.3) is 0 Å². The van der Waals surface area contributed by atoms with E-state index >= 15 is 0 Å². The van der Waals surface area contributed by atoms with Crippen LogP contribution in [-0.2, 0) is 0 Å². The fraction of sp³-hybridized carbons (Fsp3) is 0.286. The third-order valence-corrected chi connectivity index (χ3v) is 2.77. The van der Waals surface area contributed by atoms with Crippen molar-refractivity contribution in [1.29, 1.82) is 0 Å². The minimum absolute atomic E-state index is 0.0668. The Morgan fingerprint density at radius 1 is 1.38 bits per heavy atom. The zero-order valence-corrected chi connectivity index (χ0v) is 11.9. The molecular formula is C14H16N4O3. The van der Waals surface area contributed by atoms with Crippen LogP contribution in [0.3, 0.4) is 0 Å². The molecule has 1 aromatic carbocycles. The predicted octanol–water partition coefficient (Wildman–Crippen LogP) is 3.31. The van der Waals surface area contributed by atoms with Gasteiger partial charge in [0.2, 0.25) is 5.95 Å². The van der Waals surface area contributed by atoms with Crippen molar-refractivity contribution in [2.24, 2.45) is 0 Å². The van der Waals surface area contributed by atoms with Gasteiger partial charge in [0, 0.05) is 6.54 Å². The van der Waals surface area contributed by atoms with Crippen LogP contribution in [0.2, 0.25) is 0 Å². The fourth-order valence-corrected chi connectivity index (χ4v) is 1.66. The Hall–Kier alpha value is -2.70. The lowest BCUT2D eigenvalue weighted by Crippen LogP contribution is -2.06. The van der Waals surface area contributed by atoms with E-state index in [0.29, 0.717) is 18.2 Å². The molecule has 0 radical (unpaired) electrons. The molecule has 0 unspecified atom stereocenters. The van der Waals surface area contributed by atoms with E-state index in [9.17, 15) is 10.1 Å². The average Bonchev–Trinajstić information content (AvgIpc) is 2.47. The lowest BCUT2D eigenvalue weighted by Gasteiger charge is -2.09. The summed E-state index contributed by atoms with van der Waals surface area (Å²) < 4.78 is 5.59. The molecule has 1 heterocycles. The topological polar surface area (TPSA) is 90.2 Å². The van der Waals surface area contributed by atoms with Crippen LogP contribution >= 0.6 is 0 Å². The lowest BCUT2D eigenvalue weighted by molar-refractivity contribution is -0.386. The number of nitro groups is 1. The summed E-state index contributed by atoms with van der Waals surface area (Å²) in [4.78, 5) is 18.5. The molecule has 0 aliphatic heterocycles. The Labute approximate surface area is 122 Å². The van der Waals surface area contributed by atoms with Crippen LogP contribution in [0, 0.1) is 17.0 Å². The SMILES string of the molecule is CCCNc1ncc([N+](=O)[O-])c(Oc2ccccc2C)n1. The van der Waals surface area contributed by atoms with Gasteiger partial charge >= 0.3 is 11.6 Å². The van der Waals surface area contributed by atoms with Crippen molar-refractivity contribution < 1.29 is 9.66 Å². The summed E-state index contributed by atoms with van der Waals surface area (Å²) >= 11 is 0. The molecule has 7 heteroatoms. The van der Waals surface area contributed by atoms with Crippen molar-refractivity contribution >= 4 is 11.6 Å². The summed E-state index contributed by atoms with van der Waals surface area (Å²) in [5, 5.41) is 14.0. The van der Waals surface area contributed by atoms with Crippen LogP contribution in [-0.4, -0.2) is 21.4 Å². The quantitative estimate of drug-likeness (QED) is 0.647. The molecule has 0 saturated heterocycles. The summed E-state index contributed by atoms with van der Waals surface area (Å²) in [6, 6.07) is 7.26. The van der Waals surface area contributed by atoms with Crippen LogP contribution in [0.25, 0.3) is 0 Å². The molecule has 2 aromatic rings. The van der Waals surface area contributed by atoms with Gasteiger partial charge in [-0.1, -0.05) is 25.1 Å². The smallest absolute Gasteiger partial charge is 0.349 e. The van der Waals surface area contributed by atoms with Gasteiger partial charge in [0.15, 0.2) is 0 Å². The molecule has 0 fully saturated rings. The van der Waals surface area contributed by atoms with Crippen molar-refractivity contribution in [3.63, 3.8) is 0 Å². The highest BCUT2D eigenvalue weighted by Gasteiger charge is 2.20. The predicted molar refractivity (Wildman–Crippen MR) is 78.7 cm³/mol. The Morgan fingerprint density at radius 2 is 2.14 bits per heavy atom. The molecule has 0 bridgehead atoms. The van der Waals surface area contributed by atoms with Crippen LogP contribution in [0.4, 0.5) is 11.6 Å². The van der Waals surface area contributed by atoms with Crippen LogP contribution in [0.1, 0.15) is 18.9 Å². The third-order valence-electron chi connectivity index (χ3n) is 2.77. The first-order valence-electron chi connectivity index (χ1n) is 6.60. The molecule has 1 N–H and O–H groups in total. The van der Waals surface area contributed by atoms with Gasteiger partial charge in [-0.05, 0) is 25.0 Å². The number of anilines is 1. The highest BCUT2D eigenvalue weighted by molar-refractivity contribution is 5.46. The highest BCUT2D eigenvalue weighted by atomic mass is 16.6. The first-order valence-corrected chi connectivity index (χ1v) is 6.60. The Morgan fingerprint density at radius 3 is 2.81 bits per heavy atom. The average molecular weight is 288 g/mol. The molecule has 0 atom stereocenters. The molecule has 0 aliphatic carbocycles. The van der Waals surface area contributed by atoms with E-state index in [1.54, 1.807) is 12.1 Å². The summed E-state index contributed by atoms with van der Waals surface area (Å²) in [7, 11) is 0. The zero-order valence-electron chi connectivity index (χ0n) is 11.9. The second-order valence-electron chi connectivity index (χ2n) is 4.44. The zero-order chi connectivity index (χ0) is 15.2. The number of rotatable bonds is 6. The van der Waals surface area contributed by atoms with Crippen molar-refractivity contribution in [3.05, 3.63) is 46.1 Å². The summed E-state index contributed by atoms with van der Waals surface area (Å²) in [6.45, 7) is 4.54. The van der Waals surface area contributed by atoms with Gasteiger partial charge in [-0.15, -0.1) is 0 Å². The van der Waals surface area contributed by atoms with E-state index in [4.69, 9.17) is 4.74 Å². The molecule has 0 amide bonds. The minimum Gasteiger partial charge on any atom is -0.433 e. The molecule has 21 heavy (non-hydrogen) atoms. The summed E-state index contributed by atoms with van der Waals surface area (Å²) in [6.07, 6.45) is 2.05. The molecule has 0 saturated carbocycles. The van der Waals surface area contributed by atoms with Crippen LogP contribution in [0.5, 0.6) is 11.6 Å². The number of nitrogens with zero attached hydrogens (tertiary/aromatic N) is 3. The fourth-order valence-electron chi connectivity index (χ4n) is 1.66. The number of hydrogen-bond donors (Lipinski definition) is 1. The molecule has 0 spiro atoms. The van der Waals surface area contributed by atoms with Crippen molar-refractivity contribution in [2.75, 3.05) is 11.9 Å². The van der Waals surface area contributed by atoms with E-state index in [0.717, 1.165) is 18.2 Å². The number of aryl methyl sites for hydroxylation is 1. The number of nitrogens with one attached hydrogen (secondary N) is 1. The first kappa shape index (κ1) is 14.7. The number of benzene rings is 1. The first-order chi connectivity index (χ1) is 10.1. The van der Waals surface area contributed by atoms with Gasteiger partial charge in [-0.2, -0.15) is 4.98 Å². The molecule has 110 valence electrons. The van der Waals surface area contributed by atoms with E-state index < -0.39 is 4.92 Å². The molecule has 2 rings (SSSR count). The van der Waals surface area contributed by atoms with E-state index in [1.807, 2.05) is 26.0 Å². The maximum atomic E-state index is 11.0. The second-order valence-corrected chi connectivity index (χ2v) is 4.44. The van der Waals surface area contributed by atoms with Gasteiger partial charge in [-0.25, -0.2) is 4.98 Å². The lowest BCUT2D eigenvalue weighted by atomic mass is 10.2. The third kappa shape index (κ3) is 3.65. The van der Waals surface area contributed by atoms with E-state index in [-0.39, 0.29) is 11.6 Å². The maximum Gasteiger partial charge on any atom is 0.349 e. The molecule has 0 aliphatic rings. The van der Waals surface area contributed by atoms with Gasteiger partial charge in [-0.3, -0.25) is 10.1 Å². The second kappa shape index (κ2) is 6.65. The standard InChI is InChI=1S/C14H16N4O3/c1-3-8-15-14-16-9-11(18(19)20)13(17-14)21-12-7-5-4-6-10(12)2/h4-7,9H,3,8H2,1-2H3,(H,15,16,17). The Balaban J connectivity index is 2.34. The summed E-state index contributed by atoms with van der Waals surface area (Å²) in [5.74, 6) is 0.773. The van der Waals surface area contributed by atoms with Crippen molar-refractivity contribution in [2.45, 2.75) is 20.3 Å².